The Kier molecular flexibility index (Phi) is 6.87. The maximum atomic E-state index is 5.98. The van der Waals surface area contributed by atoms with Crippen molar-refractivity contribution in [3.05, 3.63) is 24.3 Å². The molecule has 1 aromatic carbocycles. The number of halogens is 2. The van der Waals surface area contributed by atoms with Crippen LogP contribution < -0.4 is 9.47 Å². The summed E-state index contributed by atoms with van der Waals surface area (Å²) in [7, 11) is 1.68. The van der Waals surface area contributed by atoms with Crippen LogP contribution in [-0.2, 0) is 0 Å². The molecule has 2 rings (SSSR count). The predicted molar refractivity (Wildman–Crippen MR) is 95.1 cm³/mol. The van der Waals surface area contributed by atoms with Crippen molar-refractivity contribution in [2.45, 2.75) is 32.1 Å². The van der Waals surface area contributed by atoms with E-state index in [1.165, 1.54) is 25.7 Å². The fourth-order valence-electron chi connectivity index (χ4n) is 3.23. The number of hydrogen-bond acceptors (Lipinski definition) is 2. The van der Waals surface area contributed by atoms with Gasteiger partial charge in [0, 0.05) is 10.7 Å². The van der Waals surface area contributed by atoms with Gasteiger partial charge in [-0.15, -0.1) is 0 Å². The first-order valence-corrected chi connectivity index (χ1v) is 9.88. The van der Waals surface area contributed by atoms with Crippen molar-refractivity contribution < 1.29 is 9.47 Å². The molecule has 1 aliphatic carbocycles. The normalized spacial score (nSPS) is 16.1. The highest BCUT2D eigenvalue weighted by molar-refractivity contribution is 9.09. The Labute approximate surface area is 144 Å². The minimum absolute atomic E-state index is 0.304. The maximum Gasteiger partial charge on any atom is 0.161 e. The summed E-state index contributed by atoms with van der Waals surface area (Å²) in [6, 6.07) is 7.86. The number of benzene rings is 1. The lowest BCUT2D eigenvalue weighted by Gasteiger charge is -2.36. The monoisotopic (exact) mass is 418 g/mol. The molecule has 4 heteroatoms. The summed E-state index contributed by atoms with van der Waals surface area (Å²) in [6.45, 7) is 0.730. The summed E-state index contributed by atoms with van der Waals surface area (Å²) < 4.78 is 11.3. The van der Waals surface area contributed by atoms with Crippen LogP contribution in [0.4, 0.5) is 0 Å². The summed E-state index contributed by atoms with van der Waals surface area (Å²) in [4.78, 5) is 0. The average molecular weight is 420 g/mol. The number of para-hydroxylation sites is 2. The zero-order valence-electron chi connectivity index (χ0n) is 12.6. The molecule has 0 bridgehead atoms. The molecule has 0 amide bonds. The second-order valence-corrected chi connectivity index (χ2v) is 6.98. The first-order valence-electron chi connectivity index (χ1n) is 7.63. The highest BCUT2D eigenvalue weighted by Gasteiger charge is 2.38. The molecule has 0 heterocycles. The average Bonchev–Trinajstić information content (AvgIpc) is 3.07. The third kappa shape index (κ3) is 4.16. The van der Waals surface area contributed by atoms with Crippen molar-refractivity contribution in [2.75, 3.05) is 24.4 Å². The number of hydrogen-bond donors (Lipinski definition) is 0. The van der Waals surface area contributed by atoms with E-state index in [2.05, 4.69) is 31.9 Å². The SMILES string of the molecule is COc1ccccc1OCCC(CBr)(CBr)C1CCCC1. The molecule has 0 aromatic heterocycles. The van der Waals surface area contributed by atoms with E-state index >= 15 is 0 Å². The lowest BCUT2D eigenvalue weighted by molar-refractivity contribution is 0.167. The Morgan fingerprint density at radius 1 is 1.10 bits per heavy atom. The summed E-state index contributed by atoms with van der Waals surface area (Å²) >= 11 is 7.50. The Balaban J connectivity index is 1.95. The van der Waals surface area contributed by atoms with Gasteiger partial charge < -0.3 is 9.47 Å². The molecule has 0 aliphatic heterocycles. The van der Waals surface area contributed by atoms with Crippen molar-refractivity contribution in [2.24, 2.45) is 11.3 Å². The summed E-state index contributed by atoms with van der Waals surface area (Å²) in [5, 5.41) is 2.07. The Morgan fingerprint density at radius 2 is 1.71 bits per heavy atom. The second-order valence-electron chi connectivity index (χ2n) is 5.86. The van der Waals surface area contributed by atoms with Gasteiger partial charge in [0.05, 0.1) is 13.7 Å². The summed E-state index contributed by atoms with van der Waals surface area (Å²) in [5.74, 6) is 2.45. The van der Waals surface area contributed by atoms with Crippen LogP contribution in [0.15, 0.2) is 24.3 Å². The smallest absolute Gasteiger partial charge is 0.161 e. The minimum Gasteiger partial charge on any atom is -0.493 e. The van der Waals surface area contributed by atoms with Crippen molar-refractivity contribution in [3.63, 3.8) is 0 Å². The van der Waals surface area contributed by atoms with Crippen LogP contribution in [0.25, 0.3) is 0 Å². The molecule has 1 saturated carbocycles. The zero-order chi connectivity index (χ0) is 15.1. The van der Waals surface area contributed by atoms with Crippen LogP contribution >= 0.6 is 31.9 Å². The summed E-state index contributed by atoms with van der Waals surface area (Å²) in [5.41, 5.74) is 0.304. The van der Waals surface area contributed by atoms with Gasteiger partial charge >= 0.3 is 0 Å². The molecule has 0 N–H and O–H groups in total. The number of alkyl halides is 2. The maximum absolute atomic E-state index is 5.98. The van der Waals surface area contributed by atoms with Gasteiger partial charge in [0.1, 0.15) is 0 Å². The van der Waals surface area contributed by atoms with E-state index in [-0.39, 0.29) is 0 Å². The first-order chi connectivity index (χ1) is 10.3. The fraction of sp³-hybridized carbons (Fsp3) is 0.647. The van der Waals surface area contributed by atoms with Gasteiger partial charge in [-0.25, -0.2) is 0 Å². The van der Waals surface area contributed by atoms with Crippen molar-refractivity contribution >= 4 is 31.9 Å². The molecule has 0 spiro atoms. The Bertz CT molecular complexity index is 427. The largest absolute Gasteiger partial charge is 0.493 e. The van der Waals surface area contributed by atoms with Crippen LogP contribution in [0.1, 0.15) is 32.1 Å². The van der Waals surface area contributed by atoms with Crippen LogP contribution in [-0.4, -0.2) is 24.4 Å². The number of ether oxygens (including phenoxy) is 2. The lowest BCUT2D eigenvalue weighted by Crippen LogP contribution is -2.34. The Hall–Kier alpha value is -0.220. The molecular weight excluding hydrogens is 396 g/mol. The molecule has 21 heavy (non-hydrogen) atoms. The molecule has 1 aromatic rings. The predicted octanol–water partition coefficient (Wildman–Crippen LogP) is 5.43. The van der Waals surface area contributed by atoms with Gasteiger partial charge in [0.2, 0.25) is 0 Å². The minimum atomic E-state index is 0.304. The molecular formula is C17H24Br2O2. The third-order valence-corrected chi connectivity index (χ3v) is 6.91. The van der Waals surface area contributed by atoms with E-state index in [4.69, 9.17) is 9.47 Å². The highest BCUT2D eigenvalue weighted by atomic mass is 79.9. The fourth-order valence-corrected chi connectivity index (χ4v) is 5.64. The van der Waals surface area contributed by atoms with E-state index in [1.807, 2.05) is 24.3 Å². The van der Waals surface area contributed by atoms with E-state index in [1.54, 1.807) is 7.11 Å². The van der Waals surface area contributed by atoms with E-state index < -0.39 is 0 Å². The number of methoxy groups -OCH3 is 1. The highest BCUT2D eigenvalue weighted by Crippen LogP contribution is 2.45. The molecule has 0 unspecified atom stereocenters. The van der Waals surface area contributed by atoms with Crippen LogP contribution in [0, 0.1) is 11.3 Å². The zero-order valence-corrected chi connectivity index (χ0v) is 15.8. The standard InChI is InChI=1S/C17H24Br2O2/c1-20-15-8-4-5-9-16(15)21-11-10-17(12-18,13-19)14-6-2-3-7-14/h4-5,8-9,14H,2-3,6-7,10-13H2,1H3. The third-order valence-electron chi connectivity index (χ3n) is 4.68. The lowest BCUT2D eigenvalue weighted by atomic mass is 9.75. The second kappa shape index (κ2) is 8.42. The van der Waals surface area contributed by atoms with Gasteiger partial charge in [-0.2, -0.15) is 0 Å². The van der Waals surface area contributed by atoms with Gasteiger partial charge in [-0.1, -0.05) is 56.8 Å². The summed E-state index contributed by atoms with van der Waals surface area (Å²) in [6.07, 6.45) is 6.52. The molecule has 2 nitrogen and oxygen atoms in total. The number of rotatable bonds is 8. The Morgan fingerprint density at radius 3 is 2.29 bits per heavy atom. The topological polar surface area (TPSA) is 18.5 Å². The van der Waals surface area contributed by atoms with Crippen molar-refractivity contribution in [1.82, 2.24) is 0 Å². The van der Waals surface area contributed by atoms with Gasteiger partial charge in [-0.3, -0.25) is 0 Å². The first kappa shape index (κ1) is 17.1. The quantitative estimate of drug-likeness (QED) is 0.523. The molecule has 1 fully saturated rings. The van der Waals surface area contributed by atoms with Gasteiger partial charge in [0.15, 0.2) is 11.5 Å². The van der Waals surface area contributed by atoms with E-state index in [0.29, 0.717) is 5.41 Å². The molecule has 0 radical (unpaired) electrons. The molecule has 0 saturated heterocycles. The molecule has 0 atom stereocenters. The van der Waals surface area contributed by atoms with Crippen LogP contribution in [0.3, 0.4) is 0 Å². The van der Waals surface area contributed by atoms with Gasteiger partial charge in [-0.05, 0) is 42.7 Å². The van der Waals surface area contributed by atoms with Crippen molar-refractivity contribution in [1.29, 1.82) is 0 Å². The van der Waals surface area contributed by atoms with Crippen molar-refractivity contribution in [3.8, 4) is 11.5 Å². The molecule has 118 valence electrons. The molecule has 1 aliphatic rings. The van der Waals surface area contributed by atoms with Gasteiger partial charge in [0.25, 0.3) is 0 Å². The van der Waals surface area contributed by atoms with E-state index in [9.17, 15) is 0 Å². The van der Waals surface area contributed by atoms with E-state index in [0.717, 1.165) is 41.1 Å². The van der Waals surface area contributed by atoms with Crippen LogP contribution in [0.5, 0.6) is 11.5 Å². The van der Waals surface area contributed by atoms with Crippen LogP contribution in [0.2, 0.25) is 0 Å².